The third kappa shape index (κ3) is 4.33. The Bertz CT molecular complexity index is 681. The zero-order valence-corrected chi connectivity index (χ0v) is 13.0. The van der Waals surface area contributed by atoms with Gasteiger partial charge in [0.25, 0.3) is 5.69 Å². The first-order chi connectivity index (χ1) is 11.0. The lowest BCUT2D eigenvalue weighted by atomic mass is 10.2. The molecule has 7 heteroatoms. The minimum Gasteiger partial charge on any atom is -0.374 e. The zero-order chi connectivity index (χ0) is 16.8. The van der Waals surface area contributed by atoms with Crippen LogP contribution in [0, 0.1) is 10.1 Å². The third-order valence-electron chi connectivity index (χ3n) is 3.31. The number of azo groups is 1. The van der Waals surface area contributed by atoms with E-state index >= 15 is 0 Å². The molecule has 0 aliphatic carbocycles. The molecule has 0 aromatic heterocycles. The summed E-state index contributed by atoms with van der Waals surface area (Å²) < 4.78 is 0. The van der Waals surface area contributed by atoms with Gasteiger partial charge in [-0.1, -0.05) is 0 Å². The molecule has 1 unspecified atom stereocenters. The molecule has 0 radical (unpaired) electrons. The lowest BCUT2D eigenvalue weighted by Crippen LogP contribution is -2.32. The molecule has 0 aliphatic rings. The van der Waals surface area contributed by atoms with Gasteiger partial charge < -0.3 is 10.0 Å². The maximum atomic E-state index is 10.6. The Morgan fingerprint density at radius 3 is 1.96 bits per heavy atom. The first kappa shape index (κ1) is 16.6. The first-order valence-corrected chi connectivity index (χ1v) is 7.22. The Kier molecular flexibility index (Phi) is 5.37. The van der Waals surface area contributed by atoms with Crippen LogP contribution in [0.3, 0.4) is 0 Å². The molecule has 0 saturated carbocycles. The van der Waals surface area contributed by atoms with E-state index in [9.17, 15) is 15.2 Å². The second-order valence-corrected chi connectivity index (χ2v) is 4.91. The predicted octanol–water partition coefficient (Wildman–Crippen LogP) is 4.17. The van der Waals surface area contributed by atoms with E-state index in [1.54, 1.807) is 31.2 Å². The van der Waals surface area contributed by atoms with Crippen molar-refractivity contribution >= 4 is 22.7 Å². The van der Waals surface area contributed by atoms with E-state index in [1.165, 1.54) is 12.1 Å². The van der Waals surface area contributed by atoms with Gasteiger partial charge in [0.2, 0.25) is 0 Å². The second-order valence-electron chi connectivity index (χ2n) is 4.91. The summed E-state index contributed by atoms with van der Waals surface area (Å²) in [6.45, 7) is 4.38. The quantitative estimate of drug-likeness (QED) is 0.375. The minimum absolute atomic E-state index is 0.0195. The minimum atomic E-state index is -0.562. The molecular formula is C16H18N4O3. The Balaban J connectivity index is 2.09. The molecule has 0 heterocycles. The van der Waals surface area contributed by atoms with Gasteiger partial charge in [-0.3, -0.25) is 10.1 Å². The molecule has 2 aromatic rings. The number of hydrogen-bond donors (Lipinski definition) is 1. The van der Waals surface area contributed by atoms with E-state index in [4.69, 9.17) is 0 Å². The van der Waals surface area contributed by atoms with Crippen molar-refractivity contribution in [1.29, 1.82) is 0 Å². The summed E-state index contributed by atoms with van der Waals surface area (Å²) in [5, 5.41) is 28.4. The van der Waals surface area contributed by atoms with E-state index < -0.39 is 11.2 Å². The molecule has 2 aromatic carbocycles. The fraction of sp³-hybridized carbons (Fsp3) is 0.250. The second kappa shape index (κ2) is 7.46. The average Bonchev–Trinajstić information content (AvgIpc) is 2.55. The number of benzene rings is 2. The first-order valence-electron chi connectivity index (χ1n) is 7.22. The molecule has 120 valence electrons. The van der Waals surface area contributed by atoms with Crippen molar-refractivity contribution < 1.29 is 10.0 Å². The summed E-state index contributed by atoms with van der Waals surface area (Å²) in [6, 6.07) is 13.2. The highest BCUT2D eigenvalue weighted by molar-refractivity contribution is 5.53. The van der Waals surface area contributed by atoms with Crippen LogP contribution < -0.4 is 4.90 Å². The fourth-order valence-electron chi connectivity index (χ4n) is 2.13. The molecule has 0 spiro atoms. The van der Waals surface area contributed by atoms with Gasteiger partial charge in [-0.2, -0.15) is 10.2 Å². The molecule has 0 saturated heterocycles. The molecule has 1 N–H and O–H groups in total. The van der Waals surface area contributed by atoms with Crippen LogP contribution in [-0.4, -0.2) is 22.8 Å². The van der Waals surface area contributed by atoms with E-state index in [0.717, 1.165) is 5.69 Å². The topological polar surface area (TPSA) is 91.3 Å². The molecule has 7 nitrogen and oxygen atoms in total. The summed E-state index contributed by atoms with van der Waals surface area (Å²) in [4.78, 5) is 12.0. The van der Waals surface area contributed by atoms with Gasteiger partial charge in [-0.05, 0) is 50.2 Å². The van der Waals surface area contributed by atoms with Gasteiger partial charge in [0.05, 0.1) is 16.3 Å². The highest BCUT2D eigenvalue weighted by Crippen LogP contribution is 2.24. The largest absolute Gasteiger partial charge is 0.374 e. The highest BCUT2D eigenvalue weighted by atomic mass is 16.6. The van der Waals surface area contributed by atoms with E-state index in [0.29, 0.717) is 17.9 Å². The third-order valence-corrected chi connectivity index (χ3v) is 3.31. The van der Waals surface area contributed by atoms with Crippen molar-refractivity contribution in [3.8, 4) is 0 Å². The van der Waals surface area contributed by atoms with Crippen LogP contribution in [-0.2, 0) is 0 Å². The fourth-order valence-corrected chi connectivity index (χ4v) is 2.13. The van der Waals surface area contributed by atoms with Crippen LogP contribution >= 0.6 is 0 Å². The Hall–Kier alpha value is -2.80. The number of anilines is 1. The number of aliphatic hydroxyl groups excluding tert-OH is 1. The molecule has 1 atom stereocenters. The molecule has 0 amide bonds. The summed E-state index contributed by atoms with van der Waals surface area (Å²) >= 11 is 0. The molecule has 0 aliphatic heterocycles. The Morgan fingerprint density at radius 1 is 1.09 bits per heavy atom. The normalized spacial score (nSPS) is 12.3. The number of hydrogen-bond acceptors (Lipinski definition) is 6. The van der Waals surface area contributed by atoms with Gasteiger partial charge in [-0.25, -0.2) is 0 Å². The van der Waals surface area contributed by atoms with Gasteiger partial charge >= 0.3 is 0 Å². The van der Waals surface area contributed by atoms with Crippen LogP contribution in [0.4, 0.5) is 22.7 Å². The van der Waals surface area contributed by atoms with Crippen molar-refractivity contribution in [2.24, 2.45) is 10.2 Å². The number of nitro benzene ring substituents is 1. The van der Waals surface area contributed by atoms with Crippen molar-refractivity contribution in [3.05, 3.63) is 58.6 Å². The molecule has 2 rings (SSSR count). The van der Waals surface area contributed by atoms with Gasteiger partial charge in [0, 0.05) is 24.4 Å². The highest BCUT2D eigenvalue weighted by Gasteiger charge is 2.09. The van der Waals surface area contributed by atoms with Crippen LogP contribution in [0.15, 0.2) is 58.8 Å². The molecule has 0 fully saturated rings. The molecular weight excluding hydrogens is 296 g/mol. The summed E-state index contributed by atoms with van der Waals surface area (Å²) in [7, 11) is 0. The number of rotatable bonds is 6. The number of non-ortho nitro benzene ring substituents is 1. The van der Waals surface area contributed by atoms with E-state index in [1.807, 2.05) is 24.0 Å². The van der Waals surface area contributed by atoms with Crippen LogP contribution in [0.1, 0.15) is 13.8 Å². The van der Waals surface area contributed by atoms with Gasteiger partial charge in [-0.15, -0.1) is 0 Å². The SMILES string of the molecule is CCN(c1ccc(N=Nc2ccc([N+](=O)[O-])cc2)cc1)C(C)O. The summed E-state index contributed by atoms with van der Waals surface area (Å²) in [6.07, 6.45) is -0.562. The number of nitro groups is 1. The van der Waals surface area contributed by atoms with Crippen molar-refractivity contribution in [2.75, 3.05) is 11.4 Å². The lowest BCUT2D eigenvalue weighted by molar-refractivity contribution is -0.384. The van der Waals surface area contributed by atoms with E-state index in [-0.39, 0.29) is 5.69 Å². The van der Waals surface area contributed by atoms with Crippen LogP contribution in [0.5, 0.6) is 0 Å². The smallest absolute Gasteiger partial charge is 0.269 e. The monoisotopic (exact) mass is 314 g/mol. The zero-order valence-electron chi connectivity index (χ0n) is 13.0. The van der Waals surface area contributed by atoms with Crippen molar-refractivity contribution in [2.45, 2.75) is 20.1 Å². The molecule has 23 heavy (non-hydrogen) atoms. The van der Waals surface area contributed by atoms with E-state index in [2.05, 4.69) is 10.2 Å². The Morgan fingerprint density at radius 2 is 1.57 bits per heavy atom. The molecule has 0 bridgehead atoms. The average molecular weight is 314 g/mol. The number of nitrogens with zero attached hydrogens (tertiary/aromatic N) is 4. The van der Waals surface area contributed by atoms with Gasteiger partial charge in [0.1, 0.15) is 6.23 Å². The van der Waals surface area contributed by atoms with Crippen LogP contribution in [0.25, 0.3) is 0 Å². The van der Waals surface area contributed by atoms with Gasteiger partial charge in [0.15, 0.2) is 0 Å². The lowest BCUT2D eigenvalue weighted by Gasteiger charge is -2.26. The standard InChI is InChI=1S/C16H18N4O3/c1-3-19(12(2)21)15-8-4-13(5-9-15)17-18-14-6-10-16(11-7-14)20(22)23/h4-12,21H,3H2,1-2H3. The summed E-state index contributed by atoms with van der Waals surface area (Å²) in [5.74, 6) is 0. The van der Waals surface area contributed by atoms with Crippen molar-refractivity contribution in [3.63, 3.8) is 0 Å². The predicted molar refractivity (Wildman–Crippen MR) is 88.4 cm³/mol. The maximum absolute atomic E-state index is 10.6. The summed E-state index contributed by atoms with van der Waals surface area (Å²) in [5.41, 5.74) is 2.12. The maximum Gasteiger partial charge on any atom is 0.269 e. The Labute approximate surface area is 134 Å². The van der Waals surface area contributed by atoms with Crippen molar-refractivity contribution in [1.82, 2.24) is 0 Å². The number of aliphatic hydroxyl groups is 1. The van der Waals surface area contributed by atoms with Crippen LogP contribution in [0.2, 0.25) is 0 Å².